The van der Waals surface area contributed by atoms with Crippen LogP contribution in [0.2, 0.25) is 0 Å². The number of hydrogen-bond acceptors (Lipinski definition) is 8. The average molecular weight is 438 g/mol. The van der Waals surface area contributed by atoms with Crippen LogP contribution in [-0.2, 0) is 34.3 Å². The molecule has 10 heteroatoms. The van der Waals surface area contributed by atoms with Crippen molar-refractivity contribution in [2.24, 2.45) is 5.73 Å². The standard InChI is InChI=1S/C20H18FNO7S/c1-2-27-20(24)14-7-5-13(6-8-14)17-16(23)18(19(22)28-17)29-30(25,26)11-12-3-9-15(21)10-4-12/h3-10,17H,2,11,22H2,1H3/i11D2,17D. The van der Waals surface area contributed by atoms with Gasteiger partial charge in [0, 0.05) is 5.56 Å². The highest BCUT2D eigenvalue weighted by Crippen LogP contribution is 2.33. The zero-order valence-corrected chi connectivity index (χ0v) is 16.4. The van der Waals surface area contributed by atoms with Gasteiger partial charge in [-0.15, -0.1) is 0 Å². The van der Waals surface area contributed by atoms with Gasteiger partial charge in [0.1, 0.15) is 11.5 Å². The Kier molecular flexibility index (Phi) is 4.97. The normalized spacial score (nSPS) is 20.7. The number of hydrogen-bond donors (Lipinski definition) is 1. The number of halogens is 1. The third kappa shape index (κ3) is 4.77. The van der Waals surface area contributed by atoms with Crippen molar-refractivity contribution in [2.75, 3.05) is 6.61 Å². The number of ketones is 1. The van der Waals surface area contributed by atoms with Gasteiger partial charge in [-0.25, -0.2) is 9.18 Å². The van der Waals surface area contributed by atoms with E-state index in [-0.39, 0.29) is 17.7 Å². The van der Waals surface area contributed by atoms with Crippen molar-refractivity contribution in [1.29, 1.82) is 0 Å². The van der Waals surface area contributed by atoms with Crippen LogP contribution in [0.15, 0.2) is 60.2 Å². The van der Waals surface area contributed by atoms with Crippen LogP contribution in [-0.4, -0.2) is 26.8 Å². The maximum Gasteiger partial charge on any atom is 0.338 e. The summed E-state index contributed by atoms with van der Waals surface area (Å²) in [6.07, 6.45) is -2.54. The average Bonchev–Trinajstić information content (AvgIpc) is 2.98. The molecule has 1 atom stereocenters. The second-order valence-electron chi connectivity index (χ2n) is 5.90. The monoisotopic (exact) mass is 438 g/mol. The quantitative estimate of drug-likeness (QED) is 0.516. The summed E-state index contributed by atoms with van der Waals surface area (Å²) >= 11 is 0. The molecular weight excluding hydrogens is 417 g/mol. The molecule has 8 nitrogen and oxygen atoms in total. The molecule has 0 aromatic heterocycles. The first-order valence-corrected chi connectivity index (χ1v) is 9.95. The van der Waals surface area contributed by atoms with E-state index in [1.165, 1.54) is 24.3 Å². The summed E-state index contributed by atoms with van der Waals surface area (Å²) in [4.78, 5) is 24.6. The topological polar surface area (TPSA) is 122 Å². The SMILES string of the molecule is [2H]C1(c2ccc(C(=O)OCC)cc2)OC(N)=C(OS(=O)(=O)C([2H])([2H])c2ccc(F)cc2)C1=O. The van der Waals surface area contributed by atoms with Crippen molar-refractivity contribution in [1.82, 2.24) is 0 Å². The molecule has 30 heavy (non-hydrogen) atoms. The molecule has 0 bridgehead atoms. The Morgan fingerprint density at radius 1 is 1.23 bits per heavy atom. The molecule has 2 N–H and O–H groups in total. The van der Waals surface area contributed by atoms with Crippen LogP contribution in [0.25, 0.3) is 0 Å². The van der Waals surface area contributed by atoms with Gasteiger partial charge in [-0.05, 0) is 36.8 Å². The van der Waals surface area contributed by atoms with Gasteiger partial charge in [0.15, 0.2) is 6.08 Å². The molecular formula is C20H18FNO7S. The van der Waals surface area contributed by atoms with Gasteiger partial charge in [-0.1, -0.05) is 24.3 Å². The predicted octanol–water partition coefficient (Wildman–Crippen LogP) is 2.32. The zero-order chi connectivity index (χ0) is 24.6. The van der Waals surface area contributed by atoms with Crippen molar-refractivity contribution >= 4 is 21.9 Å². The molecule has 158 valence electrons. The molecule has 1 aliphatic heterocycles. The fourth-order valence-corrected chi connectivity index (χ4v) is 3.30. The van der Waals surface area contributed by atoms with Gasteiger partial charge in [0.25, 0.3) is 0 Å². The summed E-state index contributed by atoms with van der Waals surface area (Å²) in [5, 5.41) is 0. The lowest BCUT2D eigenvalue weighted by atomic mass is 10.0. The van der Waals surface area contributed by atoms with Crippen molar-refractivity contribution in [3.63, 3.8) is 0 Å². The fraction of sp³-hybridized carbons (Fsp3) is 0.200. The first kappa shape index (κ1) is 17.5. The highest BCUT2D eigenvalue weighted by atomic mass is 32.2. The first-order chi connectivity index (χ1) is 15.3. The molecule has 0 saturated heterocycles. The molecule has 0 amide bonds. The molecule has 0 radical (unpaired) electrons. The Balaban J connectivity index is 1.87. The van der Waals surface area contributed by atoms with Crippen LogP contribution in [0, 0.1) is 5.82 Å². The Bertz CT molecular complexity index is 1230. The summed E-state index contributed by atoms with van der Waals surface area (Å²) in [5.74, 6) is -4.57. The Morgan fingerprint density at radius 2 is 1.87 bits per heavy atom. The third-order valence-corrected chi connectivity index (χ3v) is 4.66. The van der Waals surface area contributed by atoms with Crippen LogP contribution in [0.3, 0.4) is 0 Å². The maximum absolute atomic E-state index is 13.1. The van der Waals surface area contributed by atoms with Gasteiger partial charge >= 0.3 is 16.1 Å². The van der Waals surface area contributed by atoms with E-state index in [0.717, 1.165) is 24.3 Å². The third-order valence-electron chi connectivity index (χ3n) is 3.79. The molecule has 3 rings (SSSR count). The van der Waals surface area contributed by atoms with Crippen LogP contribution >= 0.6 is 0 Å². The minimum absolute atomic E-state index is 0.0963. The van der Waals surface area contributed by atoms with E-state index < -0.39 is 56.7 Å². The van der Waals surface area contributed by atoms with Gasteiger partial charge in [0.2, 0.25) is 17.4 Å². The molecule has 1 unspecified atom stereocenters. The van der Waals surface area contributed by atoms with Gasteiger partial charge in [-0.2, -0.15) is 8.42 Å². The van der Waals surface area contributed by atoms with E-state index in [1.807, 2.05) is 0 Å². The number of ether oxygens (including phenoxy) is 2. The molecule has 0 aliphatic carbocycles. The molecule has 1 aliphatic rings. The number of nitrogens with two attached hydrogens (primary N) is 1. The van der Waals surface area contributed by atoms with Crippen LogP contribution in [0.5, 0.6) is 0 Å². The molecule has 2 aromatic rings. The predicted molar refractivity (Wildman–Crippen MR) is 103 cm³/mol. The Hall–Kier alpha value is -3.40. The lowest BCUT2D eigenvalue weighted by Gasteiger charge is -2.10. The highest BCUT2D eigenvalue weighted by molar-refractivity contribution is 7.86. The van der Waals surface area contributed by atoms with E-state index in [4.69, 9.17) is 19.3 Å². The zero-order valence-electron chi connectivity index (χ0n) is 18.5. The van der Waals surface area contributed by atoms with E-state index in [9.17, 15) is 22.4 Å². The number of carbonyl (C=O) groups excluding carboxylic acids is 2. The lowest BCUT2D eigenvalue weighted by molar-refractivity contribution is -0.123. The molecule has 2 aromatic carbocycles. The summed E-state index contributed by atoms with van der Waals surface area (Å²) in [6.45, 7) is 1.77. The van der Waals surface area contributed by atoms with Crippen molar-refractivity contribution < 1.29 is 40.2 Å². The second kappa shape index (κ2) is 8.54. The van der Waals surface area contributed by atoms with Crippen molar-refractivity contribution in [2.45, 2.75) is 18.7 Å². The van der Waals surface area contributed by atoms with E-state index in [1.54, 1.807) is 6.92 Å². The van der Waals surface area contributed by atoms with Gasteiger partial charge in [-0.3, -0.25) is 4.79 Å². The summed E-state index contributed by atoms with van der Waals surface area (Å²) in [7, 11) is -5.20. The number of esters is 1. The smallest absolute Gasteiger partial charge is 0.338 e. The maximum atomic E-state index is 13.1. The van der Waals surface area contributed by atoms with Crippen LogP contribution in [0.1, 0.15) is 38.6 Å². The van der Waals surface area contributed by atoms with E-state index in [0.29, 0.717) is 0 Å². The summed E-state index contributed by atoms with van der Waals surface area (Å²) in [6, 6.07) is 8.52. The lowest BCUT2D eigenvalue weighted by Crippen LogP contribution is -2.16. The first-order valence-electron chi connectivity index (χ1n) is 10.0. The summed E-state index contributed by atoms with van der Waals surface area (Å²) in [5.41, 5.74) is 1.99. The minimum atomic E-state index is -5.20. The largest absolute Gasteiger partial charge is 0.462 e. The number of benzene rings is 2. The highest BCUT2D eigenvalue weighted by Gasteiger charge is 2.39. The Morgan fingerprint density at radius 3 is 2.47 bits per heavy atom. The van der Waals surface area contributed by atoms with Crippen molar-refractivity contribution in [3.05, 3.63) is 82.7 Å². The second-order valence-corrected chi connectivity index (χ2v) is 7.18. The molecule has 1 heterocycles. The van der Waals surface area contributed by atoms with E-state index >= 15 is 0 Å². The number of rotatable bonds is 7. The minimum Gasteiger partial charge on any atom is -0.462 e. The number of Topliss-reactive ketones (excluding diaryl/α,β-unsaturated/α-hetero) is 1. The number of carbonyl (C=O) groups is 2. The van der Waals surface area contributed by atoms with Crippen LogP contribution in [0.4, 0.5) is 4.39 Å². The van der Waals surface area contributed by atoms with Crippen molar-refractivity contribution in [3.8, 4) is 0 Å². The van der Waals surface area contributed by atoms with Gasteiger partial charge in [0.05, 0.1) is 16.3 Å². The fourth-order valence-electron chi connectivity index (χ4n) is 2.45. The molecule has 0 saturated carbocycles. The van der Waals surface area contributed by atoms with Gasteiger partial charge < -0.3 is 19.4 Å². The molecule has 0 spiro atoms. The van der Waals surface area contributed by atoms with Crippen LogP contribution < -0.4 is 5.73 Å². The van der Waals surface area contributed by atoms with E-state index in [2.05, 4.69) is 4.18 Å². The summed E-state index contributed by atoms with van der Waals surface area (Å²) < 4.78 is 77.2. The Labute approximate surface area is 176 Å². The molecule has 0 fully saturated rings.